The summed E-state index contributed by atoms with van der Waals surface area (Å²) in [5, 5.41) is 19.3. The van der Waals surface area contributed by atoms with E-state index in [9.17, 15) is 9.90 Å². The maximum absolute atomic E-state index is 11.9. The van der Waals surface area contributed by atoms with Crippen molar-refractivity contribution in [1.82, 2.24) is 15.2 Å². The lowest BCUT2D eigenvalue weighted by Gasteiger charge is -2.36. The van der Waals surface area contributed by atoms with Crippen LogP contribution in [0.2, 0.25) is 0 Å². The fourth-order valence-corrected chi connectivity index (χ4v) is 4.32. The van der Waals surface area contributed by atoms with Gasteiger partial charge in [-0.25, -0.2) is 4.98 Å². The fourth-order valence-electron chi connectivity index (χ4n) is 3.38. The zero-order valence-electron chi connectivity index (χ0n) is 17.7. The molecule has 0 aliphatic carbocycles. The second-order valence-electron chi connectivity index (χ2n) is 7.53. The summed E-state index contributed by atoms with van der Waals surface area (Å²) in [5.41, 5.74) is 3.08. The number of thioether (sulfide) groups is 1. The van der Waals surface area contributed by atoms with Crippen LogP contribution >= 0.6 is 46.6 Å². The van der Waals surface area contributed by atoms with Crippen LogP contribution in [0.4, 0.5) is 5.69 Å². The minimum Gasteiger partial charge on any atom is -0.392 e. The van der Waals surface area contributed by atoms with E-state index >= 15 is 0 Å². The molecule has 2 aromatic carbocycles. The van der Waals surface area contributed by atoms with Crippen LogP contribution < -0.4 is 5.32 Å². The highest BCUT2D eigenvalue weighted by Gasteiger charge is 2.33. The van der Waals surface area contributed by atoms with Gasteiger partial charge in [-0.3, -0.25) is 9.89 Å². The number of rotatable bonds is 7. The SMILES string of the molecule is O=C(Nc1ccc([C@H]2O[C@@H](CSc3ncn[nH]3)C[C@@H](c3ccc(CO)cc3)O2)cc1)C(Cl)(Cl)Cl. The van der Waals surface area contributed by atoms with Crippen molar-refractivity contribution in [3.63, 3.8) is 0 Å². The number of benzene rings is 2. The molecule has 0 spiro atoms. The number of ether oxygens (including phenoxy) is 2. The van der Waals surface area contributed by atoms with Gasteiger partial charge >= 0.3 is 0 Å². The molecule has 4 rings (SSSR count). The summed E-state index contributed by atoms with van der Waals surface area (Å²) in [4.78, 5) is 16.0. The molecule has 0 saturated carbocycles. The largest absolute Gasteiger partial charge is 0.392 e. The number of aliphatic hydroxyl groups is 1. The third-order valence-corrected chi connectivity index (χ3v) is 6.64. The normalized spacial score (nSPS) is 20.8. The van der Waals surface area contributed by atoms with Crippen LogP contribution in [0.5, 0.6) is 0 Å². The van der Waals surface area contributed by atoms with E-state index in [1.165, 1.54) is 18.1 Å². The summed E-state index contributed by atoms with van der Waals surface area (Å²) in [6.45, 7) is -0.0187. The Kier molecular flexibility index (Phi) is 8.36. The van der Waals surface area contributed by atoms with Crippen molar-refractivity contribution in [2.24, 2.45) is 0 Å². The van der Waals surface area contributed by atoms with Gasteiger partial charge in [0.25, 0.3) is 9.70 Å². The van der Waals surface area contributed by atoms with Crippen LogP contribution in [0.1, 0.15) is 35.5 Å². The topological polar surface area (TPSA) is 109 Å². The van der Waals surface area contributed by atoms with Crippen molar-refractivity contribution in [1.29, 1.82) is 0 Å². The number of anilines is 1. The fraction of sp³-hybridized carbons (Fsp3) is 0.318. The number of aliphatic hydroxyl groups excluding tert-OH is 1. The number of aromatic nitrogens is 3. The van der Waals surface area contributed by atoms with E-state index in [0.717, 1.165) is 16.7 Å². The van der Waals surface area contributed by atoms with Crippen molar-refractivity contribution in [2.45, 2.75) is 40.5 Å². The quantitative estimate of drug-likeness (QED) is 0.286. The third kappa shape index (κ3) is 6.63. The summed E-state index contributed by atoms with van der Waals surface area (Å²) in [6.07, 6.45) is 1.14. The van der Waals surface area contributed by atoms with Gasteiger partial charge in [0.15, 0.2) is 11.4 Å². The number of halogens is 3. The molecule has 34 heavy (non-hydrogen) atoms. The molecule has 1 saturated heterocycles. The predicted octanol–water partition coefficient (Wildman–Crippen LogP) is 4.94. The molecule has 0 bridgehead atoms. The van der Waals surface area contributed by atoms with Gasteiger partial charge in [0.1, 0.15) is 6.33 Å². The van der Waals surface area contributed by atoms with Crippen molar-refractivity contribution in [3.05, 3.63) is 71.5 Å². The van der Waals surface area contributed by atoms with Gasteiger partial charge in [0.2, 0.25) is 0 Å². The molecular weight excluding hydrogens is 523 g/mol. The van der Waals surface area contributed by atoms with Crippen LogP contribution in [-0.2, 0) is 20.9 Å². The van der Waals surface area contributed by atoms with E-state index in [1.807, 2.05) is 24.3 Å². The molecule has 2 heterocycles. The number of hydrogen-bond acceptors (Lipinski definition) is 7. The first-order valence-corrected chi connectivity index (χ1v) is 12.4. The zero-order valence-corrected chi connectivity index (χ0v) is 20.7. The minimum absolute atomic E-state index is 0.0187. The number of hydrogen-bond donors (Lipinski definition) is 3. The summed E-state index contributed by atoms with van der Waals surface area (Å²) < 4.78 is 10.5. The smallest absolute Gasteiger partial charge is 0.276 e. The minimum atomic E-state index is -2.05. The molecule has 3 N–H and O–H groups in total. The molecule has 1 fully saturated rings. The summed E-state index contributed by atoms with van der Waals surface area (Å²) in [6, 6.07) is 14.6. The van der Waals surface area contributed by atoms with E-state index in [-0.39, 0.29) is 18.8 Å². The van der Waals surface area contributed by atoms with E-state index in [0.29, 0.717) is 23.0 Å². The maximum atomic E-state index is 11.9. The highest BCUT2D eigenvalue weighted by molar-refractivity contribution is 7.99. The van der Waals surface area contributed by atoms with Gasteiger partial charge in [-0.15, -0.1) is 0 Å². The van der Waals surface area contributed by atoms with Crippen LogP contribution in [0, 0.1) is 0 Å². The summed E-state index contributed by atoms with van der Waals surface area (Å²) >= 11 is 18.4. The Morgan fingerprint density at radius 1 is 1.12 bits per heavy atom. The molecule has 180 valence electrons. The molecule has 0 radical (unpaired) electrons. The Labute approximate surface area is 215 Å². The lowest BCUT2D eigenvalue weighted by atomic mass is 10.0. The van der Waals surface area contributed by atoms with Crippen molar-refractivity contribution >= 4 is 58.2 Å². The first kappa shape index (κ1) is 25.2. The average Bonchev–Trinajstić information content (AvgIpc) is 3.36. The first-order valence-electron chi connectivity index (χ1n) is 10.3. The Morgan fingerprint density at radius 2 is 1.82 bits per heavy atom. The number of H-pyrrole nitrogens is 1. The van der Waals surface area contributed by atoms with Gasteiger partial charge < -0.3 is 19.9 Å². The maximum Gasteiger partial charge on any atom is 0.276 e. The third-order valence-electron chi connectivity index (χ3n) is 5.11. The highest BCUT2D eigenvalue weighted by Crippen LogP contribution is 2.39. The predicted molar refractivity (Wildman–Crippen MR) is 131 cm³/mol. The lowest BCUT2D eigenvalue weighted by molar-refractivity contribution is -0.245. The zero-order chi connectivity index (χ0) is 24.1. The number of nitrogens with zero attached hydrogens (tertiary/aromatic N) is 2. The molecule has 1 amide bonds. The molecule has 8 nitrogen and oxygen atoms in total. The second-order valence-corrected chi connectivity index (χ2v) is 10.8. The Balaban J connectivity index is 1.50. The lowest BCUT2D eigenvalue weighted by Crippen LogP contribution is -2.31. The number of alkyl halides is 3. The molecular formula is C22H21Cl3N4O4S. The highest BCUT2D eigenvalue weighted by atomic mass is 35.6. The van der Waals surface area contributed by atoms with E-state index in [2.05, 4.69) is 20.5 Å². The molecule has 1 aliphatic heterocycles. The van der Waals surface area contributed by atoms with Crippen molar-refractivity contribution in [2.75, 3.05) is 11.1 Å². The Bertz CT molecular complexity index is 1080. The van der Waals surface area contributed by atoms with Crippen LogP contribution in [0.25, 0.3) is 0 Å². The first-order chi connectivity index (χ1) is 16.3. The molecule has 1 aliphatic rings. The Morgan fingerprint density at radius 3 is 2.44 bits per heavy atom. The number of nitrogens with one attached hydrogen (secondary N) is 2. The van der Waals surface area contributed by atoms with Crippen LogP contribution in [-0.4, -0.2) is 41.8 Å². The van der Waals surface area contributed by atoms with Gasteiger partial charge in [0, 0.05) is 23.4 Å². The second kappa shape index (κ2) is 11.3. The van der Waals surface area contributed by atoms with E-state index in [4.69, 9.17) is 44.3 Å². The average molecular weight is 544 g/mol. The van der Waals surface area contributed by atoms with Gasteiger partial charge in [-0.1, -0.05) is 83.0 Å². The van der Waals surface area contributed by atoms with E-state index in [1.54, 1.807) is 24.3 Å². The molecule has 0 unspecified atom stereocenters. The van der Waals surface area contributed by atoms with Crippen molar-refractivity contribution in [3.8, 4) is 0 Å². The van der Waals surface area contributed by atoms with Crippen molar-refractivity contribution < 1.29 is 19.4 Å². The number of amides is 1. The molecule has 3 atom stereocenters. The molecule has 12 heteroatoms. The number of carbonyl (C=O) groups is 1. The summed E-state index contributed by atoms with van der Waals surface area (Å²) in [5.74, 6) is -0.0937. The standard InChI is InChI=1S/C22H21Cl3N4O4S/c23-22(24,25)20(31)28-16-7-5-15(6-8-16)19-32-17(11-34-21-26-12-27-29-21)9-18(33-19)14-3-1-13(10-30)2-4-14/h1-8,12,17-19,30H,9-11H2,(H,28,31)(H,26,27,29)/t17-,18+,19+/m1/s1. The van der Waals surface area contributed by atoms with Gasteiger partial charge in [-0.05, 0) is 23.3 Å². The van der Waals surface area contributed by atoms with Crippen LogP contribution in [0.15, 0.2) is 60.0 Å². The van der Waals surface area contributed by atoms with Crippen LogP contribution in [0.3, 0.4) is 0 Å². The van der Waals surface area contributed by atoms with E-state index < -0.39 is 16.0 Å². The number of carbonyl (C=O) groups excluding carboxylic acids is 1. The molecule has 3 aromatic rings. The van der Waals surface area contributed by atoms with Gasteiger partial charge in [-0.2, -0.15) is 5.10 Å². The van der Waals surface area contributed by atoms with Gasteiger partial charge in [0.05, 0.1) is 18.8 Å². The number of aromatic amines is 1. The monoisotopic (exact) mass is 542 g/mol. The Hall–Kier alpha value is -1.85. The summed E-state index contributed by atoms with van der Waals surface area (Å²) in [7, 11) is 0. The molecule has 1 aromatic heterocycles.